The largest absolute Gasteiger partial charge is 0.444 e. The first kappa shape index (κ1) is 12.0. The number of rotatable bonds is 2. The van der Waals surface area contributed by atoms with Gasteiger partial charge in [0.1, 0.15) is 5.60 Å². The van der Waals surface area contributed by atoms with Crippen LogP contribution in [0.15, 0.2) is 12.1 Å². The van der Waals surface area contributed by atoms with E-state index in [1.54, 1.807) is 20.8 Å². The predicted octanol–water partition coefficient (Wildman–Crippen LogP) is 2.27. The zero-order valence-electron chi connectivity index (χ0n) is 9.23. The molecule has 0 aliphatic rings. The molecule has 1 aromatic rings. The van der Waals surface area contributed by atoms with Gasteiger partial charge in [0.2, 0.25) is 5.82 Å². The Morgan fingerprint density at radius 2 is 2.12 bits per heavy atom. The average molecular weight is 227 g/mol. The Morgan fingerprint density at radius 1 is 1.50 bits per heavy atom. The Hall–Kier alpha value is -2.05. The summed E-state index contributed by atoms with van der Waals surface area (Å²) in [6.45, 7) is 5.18. The minimum Gasteiger partial charge on any atom is -0.444 e. The van der Waals surface area contributed by atoms with Crippen LogP contribution in [0, 0.1) is 10.1 Å². The normalized spacial score (nSPS) is 10.9. The van der Waals surface area contributed by atoms with Crippen molar-refractivity contribution in [2.45, 2.75) is 26.4 Å². The lowest BCUT2D eigenvalue weighted by Crippen LogP contribution is -2.27. The van der Waals surface area contributed by atoms with Crippen LogP contribution in [0.25, 0.3) is 0 Å². The second-order valence-corrected chi connectivity index (χ2v) is 4.14. The van der Waals surface area contributed by atoms with Crippen molar-refractivity contribution in [1.29, 1.82) is 0 Å². The summed E-state index contributed by atoms with van der Waals surface area (Å²) < 4.78 is 4.97. The number of hydrogen-bond acceptors (Lipinski definition) is 4. The zero-order chi connectivity index (χ0) is 12.3. The van der Waals surface area contributed by atoms with E-state index in [-0.39, 0.29) is 11.6 Å². The molecule has 1 aromatic heterocycles. The number of aromatic nitrogens is 1. The number of hydrogen-bond donors (Lipinski definition) is 2. The van der Waals surface area contributed by atoms with Gasteiger partial charge in [-0.05, 0) is 25.7 Å². The van der Waals surface area contributed by atoms with Gasteiger partial charge in [-0.15, -0.1) is 0 Å². The topological polar surface area (TPSA) is 97.3 Å². The van der Waals surface area contributed by atoms with Crippen molar-refractivity contribution in [1.82, 2.24) is 4.98 Å². The molecule has 2 N–H and O–H groups in total. The molecule has 0 aliphatic carbocycles. The zero-order valence-corrected chi connectivity index (χ0v) is 9.23. The summed E-state index contributed by atoms with van der Waals surface area (Å²) in [5.74, 6) is 0.0343. The molecule has 0 fully saturated rings. The maximum Gasteiger partial charge on any atom is 0.414 e. The van der Waals surface area contributed by atoms with Crippen LogP contribution in [0.4, 0.5) is 16.4 Å². The number of nitrogens with one attached hydrogen (secondary N) is 2. The molecule has 0 bridgehead atoms. The molecule has 0 atom stereocenters. The lowest BCUT2D eigenvalue weighted by Gasteiger charge is -2.18. The van der Waals surface area contributed by atoms with Crippen LogP contribution in [0.5, 0.6) is 0 Å². The SMILES string of the molecule is CC(C)(C)OC(=O)Nc1ccc([N+](=O)[O-])[nH]1. The summed E-state index contributed by atoms with van der Waals surface area (Å²) >= 11 is 0. The Labute approximate surface area is 91.9 Å². The van der Waals surface area contributed by atoms with Crippen LogP contribution in [0.2, 0.25) is 0 Å². The van der Waals surface area contributed by atoms with E-state index in [4.69, 9.17) is 4.74 Å². The number of aromatic amines is 1. The fourth-order valence-electron chi connectivity index (χ4n) is 0.977. The van der Waals surface area contributed by atoms with Gasteiger partial charge in [-0.2, -0.15) is 0 Å². The summed E-state index contributed by atoms with van der Waals surface area (Å²) in [5.41, 5.74) is -0.609. The highest BCUT2D eigenvalue weighted by molar-refractivity contribution is 5.83. The second kappa shape index (κ2) is 4.21. The number of anilines is 1. The Kier molecular flexibility index (Phi) is 3.17. The monoisotopic (exact) mass is 227 g/mol. The molecule has 0 saturated heterocycles. The number of nitrogens with zero attached hydrogens (tertiary/aromatic N) is 1. The molecule has 88 valence electrons. The van der Waals surface area contributed by atoms with Crippen molar-refractivity contribution in [3.05, 3.63) is 22.2 Å². The third-order valence-electron chi connectivity index (χ3n) is 1.50. The lowest BCUT2D eigenvalue weighted by molar-refractivity contribution is -0.389. The highest BCUT2D eigenvalue weighted by Gasteiger charge is 2.18. The number of nitro groups is 1. The van der Waals surface area contributed by atoms with Gasteiger partial charge in [0, 0.05) is 12.1 Å². The number of carbonyl (C=O) groups is 1. The van der Waals surface area contributed by atoms with E-state index < -0.39 is 16.6 Å². The first-order valence-electron chi connectivity index (χ1n) is 4.61. The van der Waals surface area contributed by atoms with Crippen molar-refractivity contribution in [3.8, 4) is 0 Å². The predicted molar refractivity (Wildman–Crippen MR) is 57.3 cm³/mol. The summed E-state index contributed by atoms with van der Waals surface area (Å²) in [7, 11) is 0. The van der Waals surface area contributed by atoms with Crippen molar-refractivity contribution < 1.29 is 14.5 Å². The number of H-pyrrole nitrogens is 1. The molecule has 7 heteroatoms. The molecule has 1 heterocycles. The van der Waals surface area contributed by atoms with E-state index in [1.807, 2.05) is 0 Å². The minimum absolute atomic E-state index is 0.189. The smallest absolute Gasteiger partial charge is 0.414 e. The quantitative estimate of drug-likeness (QED) is 0.598. The van der Waals surface area contributed by atoms with Gasteiger partial charge >= 0.3 is 11.9 Å². The summed E-state index contributed by atoms with van der Waals surface area (Å²) in [6, 6.07) is 2.65. The average Bonchev–Trinajstić information content (AvgIpc) is 2.48. The maximum absolute atomic E-state index is 11.3. The summed E-state index contributed by atoms with van der Waals surface area (Å²) in [4.78, 5) is 23.5. The van der Waals surface area contributed by atoms with Crippen LogP contribution in [0.3, 0.4) is 0 Å². The van der Waals surface area contributed by atoms with Gasteiger partial charge in [-0.3, -0.25) is 5.32 Å². The van der Waals surface area contributed by atoms with Gasteiger partial charge < -0.3 is 14.9 Å². The molecule has 7 nitrogen and oxygen atoms in total. The molecule has 0 aromatic carbocycles. The van der Waals surface area contributed by atoms with Crippen molar-refractivity contribution in [2.24, 2.45) is 0 Å². The van der Waals surface area contributed by atoms with E-state index in [0.717, 1.165) is 0 Å². The molecule has 16 heavy (non-hydrogen) atoms. The van der Waals surface area contributed by atoms with Crippen molar-refractivity contribution in [2.75, 3.05) is 5.32 Å². The van der Waals surface area contributed by atoms with Gasteiger partial charge in [0.05, 0.1) is 0 Å². The van der Waals surface area contributed by atoms with Crippen LogP contribution in [0.1, 0.15) is 20.8 Å². The van der Waals surface area contributed by atoms with E-state index >= 15 is 0 Å². The fourth-order valence-corrected chi connectivity index (χ4v) is 0.977. The number of amides is 1. The molecule has 0 unspecified atom stereocenters. The number of ether oxygens (including phenoxy) is 1. The van der Waals surface area contributed by atoms with E-state index in [1.165, 1.54) is 12.1 Å². The van der Waals surface area contributed by atoms with E-state index in [0.29, 0.717) is 0 Å². The molecule has 1 rings (SSSR count). The van der Waals surface area contributed by atoms with Crippen LogP contribution in [-0.4, -0.2) is 21.6 Å². The first-order chi connectivity index (χ1) is 7.28. The Balaban J connectivity index is 2.60. The van der Waals surface area contributed by atoms with E-state index in [2.05, 4.69) is 10.3 Å². The van der Waals surface area contributed by atoms with Crippen LogP contribution >= 0.6 is 0 Å². The van der Waals surface area contributed by atoms with Crippen LogP contribution in [-0.2, 0) is 4.74 Å². The molecular formula is C9H13N3O4. The Bertz CT molecular complexity index is 405. The molecular weight excluding hydrogens is 214 g/mol. The molecule has 0 radical (unpaired) electrons. The summed E-state index contributed by atoms with van der Waals surface area (Å²) in [6.07, 6.45) is -0.663. The summed E-state index contributed by atoms with van der Waals surface area (Å²) in [5, 5.41) is 12.7. The van der Waals surface area contributed by atoms with Crippen LogP contribution < -0.4 is 5.32 Å². The third-order valence-corrected chi connectivity index (χ3v) is 1.50. The highest BCUT2D eigenvalue weighted by atomic mass is 16.6. The van der Waals surface area contributed by atoms with Gasteiger partial charge in [0.15, 0.2) is 0 Å². The van der Waals surface area contributed by atoms with E-state index in [9.17, 15) is 14.9 Å². The van der Waals surface area contributed by atoms with Crippen molar-refractivity contribution >= 4 is 17.7 Å². The highest BCUT2D eigenvalue weighted by Crippen LogP contribution is 2.15. The third kappa shape index (κ3) is 3.60. The van der Waals surface area contributed by atoms with Gasteiger partial charge in [-0.1, -0.05) is 0 Å². The van der Waals surface area contributed by atoms with Gasteiger partial charge in [0.25, 0.3) is 0 Å². The Morgan fingerprint density at radius 3 is 2.56 bits per heavy atom. The fraction of sp³-hybridized carbons (Fsp3) is 0.444. The number of carbonyl (C=O) groups excluding carboxylic acids is 1. The molecule has 0 saturated carbocycles. The van der Waals surface area contributed by atoms with Crippen molar-refractivity contribution in [3.63, 3.8) is 0 Å². The standard InChI is InChI=1S/C9H13N3O4/c1-9(2,3)16-8(13)11-6-4-5-7(10-6)12(14)15/h4-5,10H,1-3H3,(H,11,13). The second-order valence-electron chi connectivity index (χ2n) is 4.14. The lowest BCUT2D eigenvalue weighted by atomic mass is 10.2. The molecule has 1 amide bonds. The molecule has 0 aliphatic heterocycles. The minimum atomic E-state index is -0.663. The maximum atomic E-state index is 11.3. The first-order valence-corrected chi connectivity index (χ1v) is 4.61. The van der Waals surface area contributed by atoms with Gasteiger partial charge in [-0.25, -0.2) is 9.78 Å². The molecule has 0 spiro atoms.